The van der Waals surface area contributed by atoms with Crippen molar-refractivity contribution in [1.82, 2.24) is 5.32 Å². The summed E-state index contributed by atoms with van der Waals surface area (Å²) in [5.41, 5.74) is 1.09. The van der Waals surface area contributed by atoms with Crippen LogP contribution in [0, 0.1) is 5.41 Å². The Labute approximate surface area is 112 Å². The van der Waals surface area contributed by atoms with Crippen molar-refractivity contribution in [2.45, 2.75) is 25.8 Å². The Morgan fingerprint density at radius 3 is 2.63 bits per heavy atom. The van der Waals surface area contributed by atoms with Crippen LogP contribution in [0.4, 0.5) is 0 Å². The molecule has 1 aromatic carbocycles. The monoisotopic (exact) mass is 265 g/mol. The molecule has 104 valence electrons. The van der Waals surface area contributed by atoms with Gasteiger partial charge in [-0.05, 0) is 30.7 Å². The SMILES string of the molecule is OCCC1(CNCc2cc3c(cc2O)OCO3)CC1. The lowest BCUT2D eigenvalue weighted by molar-refractivity contribution is 0.174. The lowest BCUT2D eigenvalue weighted by atomic mass is 10.0. The zero-order valence-corrected chi connectivity index (χ0v) is 10.8. The van der Waals surface area contributed by atoms with Gasteiger partial charge in [0, 0.05) is 31.3 Å². The number of aliphatic hydroxyl groups is 1. The minimum Gasteiger partial charge on any atom is -0.507 e. The predicted octanol–water partition coefficient (Wildman–Crippen LogP) is 1.37. The molecule has 0 saturated heterocycles. The Bertz CT molecular complexity index is 471. The van der Waals surface area contributed by atoms with E-state index < -0.39 is 0 Å². The smallest absolute Gasteiger partial charge is 0.231 e. The number of nitrogens with one attached hydrogen (secondary N) is 1. The highest BCUT2D eigenvalue weighted by molar-refractivity contribution is 5.51. The van der Waals surface area contributed by atoms with Gasteiger partial charge >= 0.3 is 0 Å². The first kappa shape index (κ1) is 12.6. The second-order valence-corrected chi connectivity index (χ2v) is 5.41. The van der Waals surface area contributed by atoms with Crippen LogP contribution < -0.4 is 14.8 Å². The number of phenols is 1. The molecule has 0 spiro atoms. The van der Waals surface area contributed by atoms with E-state index in [0.29, 0.717) is 18.0 Å². The van der Waals surface area contributed by atoms with Crippen LogP contribution in [0.3, 0.4) is 0 Å². The molecule has 0 amide bonds. The molecule has 2 aliphatic rings. The average molecular weight is 265 g/mol. The van der Waals surface area contributed by atoms with Gasteiger partial charge in [-0.15, -0.1) is 0 Å². The number of rotatable bonds is 6. The van der Waals surface area contributed by atoms with Crippen molar-refractivity contribution in [3.63, 3.8) is 0 Å². The van der Waals surface area contributed by atoms with Crippen molar-refractivity contribution in [2.75, 3.05) is 19.9 Å². The first-order chi connectivity index (χ1) is 9.22. The number of aliphatic hydroxyl groups excluding tert-OH is 1. The summed E-state index contributed by atoms with van der Waals surface area (Å²) in [6.45, 7) is 1.93. The van der Waals surface area contributed by atoms with Gasteiger partial charge in [0.25, 0.3) is 0 Å². The highest BCUT2D eigenvalue weighted by atomic mass is 16.7. The molecule has 1 aliphatic heterocycles. The van der Waals surface area contributed by atoms with Gasteiger partial charge in [0.2, 0.25) is 6.79 Å². The normalized spacial score (nSPS) is 18.6. The van der Waals surface area contributed by atoms with Crippen LogP contribution in [-0.4, -0.2) is 30.2 Å². The predicted molar refractivity (Wildman–Crippen MR) is 69.3 cm³/mol. The van der Waals surface area contributed by atoms with Crippen LogP contribution >= 0.6 is 0 Å². The summed E-state index contributed by atoms with van der Waals surface area (Å²) < 4.78 is 10.5. The molecule has 1 saturated carbocycles. The molecule has 1 aliphatic carbocycles. The molecule has 1 fully saturated rings. The largest absolute Gasteiger partial charge is 0.507 e. The summed E-state index contributed by atoms with van der Waals surface area (Å²) in [6, 6.07) is 3.41. The minimum atomic E-state index is 0.214. The maximum absolute atomic E-state index is 9.91. The van der Waals surface area contributed by atoms with E-state index in [4.69, 9.17) is 14.6 Å². The van der Waals surface area contributed by atoms with E-state index in [-0.39, 0.29) is 24.6 Å². The molecule has 19 heavy (non-hydrogen) atoms. The molecule has 1 heterocycles. The van der Waals surface area contributed by atoms with Crippen LogP contribution in [0.1, 0.15) is 24.8 Å². The number of phenolic OH excluding ortho intramolecular Hbond substituents is 1. The van der Waals surface area contributed by atoms with Gasteiger partial charge < -0.3 is 25.0 Å². The van der Waals surface area contributed by atoms with E-state index >= 15 is 0 Å². The highest BCUT2D eigenvalue weighted by Crippen LogP contribution is 2.48. The van der Waals surface area contributed by atoms with Crippen LogP contribution in [0.15, 0.2) is 12.1 Å². The van der Waals surface area contributed by atoms with Crippen LogP contribution in [0.25, 0.3) is 0 Å². The molecule has 3 N–H and O–H groups in total. The standard InChI is InChI=1S/C14H19NO4/c16-4-3-14(1-2-14)8-15-7-10-5-12-13(6-11(10)17)19-9-18-12/h5-6,15-17H,1-4,7-9H2. The summed E-state index contributed by atoms with van der Waals surface area (Å²) in [5, 5.41) is 22.3. The van der Waals surface area contributed by atoms with Gasteiger partial charge in [0.1, 0.15) is 5.75 Å². The van der Waals surface area contributed by atoms with Crippen molar-refractivity contribution in [3.05, 3.63) is 17.7 Å². The maximum atomic E-state index is 9.91. The van der Waals surface area contributed by atoms with E-state index in [2.05, 4.69) is 5.32 Å². The molecule has 0 aromatic heterocycles. The van der Waals surface area contributed by atoms with Crippen molar-refractivity contribution < 1.29 is 19.7 Å². The number of aromatic hydroxyl groups is 1. The average Bonchev–Trinajstić information content (AvgIpc) is 2.99. The van der Waals surface area contributed by atoms with Crippen LogP contribution in [0.2, 0.25) is 0 Å². The summed E-state index contributed by atoms with van der Waals surface area (Å²) in [5.74, 6) is 1.51. The van der Waals surface area contributed by atoms with Gasteiger partial charge in [-0.25, -0.2) is 0 Å². The van der Waals surface area contributed by atoms with Crippen LogP contribution in [0.5, 0.6) is 17.2 Å². The quantitative estimate of drug-likeness (QED) is 0.724. The molecule has 5 heteroatoms. The molecule has 0 radical (unpaired) electrons. The molecular formula is C14H19NO4. The van der Waals surface area contributed by atoms with Crippen molar-refractivity contribution in [3.8, 4) is 17.2 Å². The summed E-state index contributed by atoms with van der Waals surface area (Å²) in [4.78, 5) is 0. The summed E-state index contributed by atoms with van der Waals surface area (Å²) >= 11 is 0. The van der Waals surface area contributed by atoms with Gasteiger partial charge in [-0.2, -0.15) is 0 Å². The Morgan fingerprint density at radius 2 is 1.95 bits per heavy atom. The molecule has 3 rings (SSSR count). The molecule has 0 bridgehead atoms. The second kappa shape index (κ2) is 4.90. The first-order valence-corrected chi connectivity index (χ1v) is 6.66. The Balaban J connectivity index is 1.58. The van der Waals surface area contributed by atoms with Gasteiger partial charge in [0.05, 0.1) is 0 Å². The molecule has 5 nitrogen and oxygen atoms in total. The number of fused-ring (bicyclic) bond motifs is 1. The zero-order chi connectivity index (χ0) is 13.3. The van der Waals surface area contributed by atoms with Crippen LogP contribution in [-0.2, 0) is 6.54 Å². The Hall–Kier alpha value is -1.46. The Kier molecular flexibility index (Phi) is 3.24. The van der Waals surface area contributed by atoms with Gasteiger partial charge in [-0.3, -0.25) is 0 Å². The maximum Gasteiger partial charge on any atom is 0.231 e. The fraction of sp³-hybridized carbons (Fsp3) is 0.571. The fourth-order valence-corrected chi connectivity index (χ4v) is 2.51. The summed E-state index contributed by atoms with van der Waals surface area (Å²) in [6.07, 6.45) is 3.20. The third-order valence-corrected chi connectivity index (χ3v) is 3.99. The molecule has 0 unspecified atom stereocenters. The lowest BCUT2D eigenvalue weighted by Gasteiger charge is -2.15. The summed E-state index contributed by atoms with van der Waals surface area (Å²) in [7, 11) is 0. The second-order valence-electron chi connectivity index (χ2n) is 5.41. The highest BCUT2D eigenvalue weighted by Gasteiger charge is 2.41. The van der Waals surface area contributed by atoms with E-state index in [0.717, 1.165) is 18.5 Å². The van der Waals surface area contributed by atoms with E-state index in [1.54, 1.807) is 6.07 Å². The number of hydrogen-bond donors (Lipinski definition) is 3. The topological polar surface area (TPSA) is 71.0 Å². The van der Waals surface area contributed by atoms with E-state index in [1.807, 2.05) is 6.07 Å². The Morgan fingerprint density at radius 1 is 1.21 bits per heavy atom. The minimum absolute atomic E-state index is 0.214. The molecule has 1 aromatic rings. The van der Waals surface area contributed by atoms with E-state index in [1.165, 1.54) is 12.8 Å². The fourth-order valence-electron chi connectivity index (χ4n) is 2.51. The third kappa shape index (κ3) is 2.62. The van der Waals surface area contributed by atoms with Crippen molar-refractivity contribution in [1.29, 1.82) is 0 Å². The number of hydrogen-bond acceptors (Lipinski definition) is 5. The first-order valence-electron chi connectivity index (χ1n) is 6.66. The van der Waals surface area contributed by atoms with Crippen molar-refractivity contribution in [2.24, 2.45) is 5.41 Å². The molecule has 0 atom stereocenters. The lowest BCUT2D eigenvalue weighted by Crippen LogP contribution is -2.24. The third-order valence-electron chi connectivity index (χ3n) is 3.99. The number of ether oxygens (including phenoxy) is 2. The zero-order valence-electron chi connectivity index (χ0n) is 10.8. The molecular weight excluding hydrogens is 246 g/mol. The number of benzene rings is 1. The van der Waals surface area contributed by atoms with Gasteiger partial charge in [0.15, 0.2) is 11.5 Å². The van der Waals surface area contributed by atoms with Gasteiger partial charge in [-0.1, -0.05) is 0 Å². The van der Waals surface area contributed by atoms with E-state index in [9.17, 15) is 5.11 Å². The van der Waals surface area contributed by atoms with Crippen molar-refractivity contribution >= 4 is 0 Å².